The van der Waals surface area contributed by atoms with Crippen LogP contribution >= 0.6 is 11.8 Å². The number of aliphatic carboxylic acids is 1. The van der Waals surface area contributed by atoms with Gasteiger partial charge in [0.2, 0.25) is 5.91 Å². The van der Waals surface area contributed by atoms with Crippen molar-refractivity contribution in [1.82, 2.24) is 5.32 Å². The number of amides is 1. The third-order valence-corrected chi connectivity index (χ3v) is 3.81. The van der Waals surface area contributed by atoms with Gasteiger partial charge in [-0.1, -0.05) is 48.5 Å². The molecule has 0 heterocycles. The number of carboxylic acid groups (broad SMARTS) is 1. The first-order valence-electron chi connectivity index (χ1n) is 6.42. The molecule has 0 saturated heterocycles. The normalized spacial score (nSPS) is 11.6. The fourth-order valence-corrected chi connectivity index (χ4v) is 2.53. The summed E-state index contributed by atoms with van der Waals surface area (Å²) in [7, 11) is 0. The summed E-state index contributed by atoms with van der Waals surface area (Å²) >= 11 is 1.37. The van der Waals surface area contributed by atoms with E-state index in [1.54, 1.807) is 30.3 Å². The molecule has 1 amide bonds. The number of rotatable bonds is 6. The zero-order chi connectivity index (χ0) is 15.1. The summed E-state index contributed by atoms with van der Waals surface area (Å²) in [5.74, 6) is -1.19. The molecule has 0 aliphatic rings. The fraction of sp³-hybridized carbons (Fsp3) is 0.125. The Kier molecular flexibility index (Phi) is 5.40. The standard InChI is InChI=1S/C16H15NO3S/c18-14(11-21-13-9-5-2-6-10-13)17-15(16(19)20)12-7-3-1-4-8-12/h1-10,15H,11H2,(H,17,18)(H,19,20). The molecule has 5 heteroatoms. The van der Waals surface area contributed by atoms with Crippen LogP contribution in [0.1, 0.15) is 11.6 Å². The van der Waals surface area contributed by atoms with Crippen LogP contribution in [0.25, 0.3) is 0 Å². The Hall–Kier alpha value is -2.27. The Bertz CT molecular complexity index is 601. The Balaban J connectivity index is 1.95. The van der Waals surface area contributed by atoms with Crippen molar-refractivity contribution >= 4 is 23.6 Å². The zero-order valence-corrected chi connectivity index (χ0v) is 12.0. The SMILES string of the molecule is O=C(CSc1ccccc1)NC(C(=O)O)c1ccccc1. The lowest BCUT2D eigenvalue weighted by molar-refractivity contribution is -0.141. The average molecular weight is 301 g/mol. The number of carboxylic acids is 1. The summed E-state index contributed by atoms with van der Waals surface area (Å²) < 4.78 is 0. The van der Waals surface area contributed by atoms with Crippen molar-refractivity contribution in [3.05, 3.63) is 66.2 Å². The van der Waals surface area contributed by atoms with E-state index in [1.165, 1.54) is 11.8 Å². The van der Waals surface area contributed by atoms with Gasteiger partial charge in [0, 0.05) is 4.90 Å². The lowest BCUT2D eigenvalue weighted by Gasteiger charge is -2.14. The topological polar surface area (TPSA) is 66.4 Å². The van der Waals surface area contributed by atoms with Crippen LogP contribution in [-0.4, -0.2) is 22.7 Å². The van der Waals surface area contributed by atoms with E-state index in [4.69, 9.17) is 0 Å². The first-order valence-corrected chi connectivity index (χ1v) is 7.40. The summed E-state index contributed by atoms with van der Waals surface area (Å²) in [5, 5.41) is 11.8. The molecule has 21 heavy (non-hydrogen) atoms. The lowest BCUT2D eigenvalue weighted by Crippen LogP contribution is -2.34. The number of carbonyl (C=O) groups is 2. The van der Waals surface area contributed by atoms with Crippen molar-refractivity contribution < 1.29 is 14.7 Å². The van der Waals surface area contributed by atoms with Gasteiger partial charge in [0.05, 0.1) is 5.75 Å². The summed E-state index contributed by atoms with van der Waals surface area (Å²) in [6, 6.07) is 17.1. The van der Waals surface area contributed by atoms with Crippen LogP contribution in [0.15, 0.2) is 65.6 Å². The highest BCUT2D eigenvalue weighted by Gasteiger charge is 2.21. The number of hydrogen-bond acceptors (Lipinski definition) is 3. The number of hydrogen-bond donors (Lipinski definition) is 2. The molecule has 0 radical (unpaired) electrons. The summed E-state index contributed by atoms with van der Waals surface area (Å²) in [5.41, 5.74) is 0.558. The van der Waals surface area contributed by atoms with E-state index in [1.807, 2.05) is 30.3 Å². The Morgan fingerprint density at radius 1 is 1.00 bits per heavy atom. The third-order valence-electron chi connectivity index (χ3n) is 2.80. The maximum Gasteiger partial charge on any atom is 0.330 e. The lowest BCUT2D eigenvalue weighted by atomic mass is 10.1. The van der Waals surface area contributed by atoms with E-state index in [-0.39, 0.29) is 11.7 Å². The molecule has 1 atom stereocenters. The van der Waals surface area contributed by atoms with Gasteiger partial charge in [0.1, 0.15) is 0 Å². The molecule has 0 bridgehead atoms. The minimum atomic E-state index is -1.07. The predicted molar refractivity (Wildman–Crippen MR) is 82.1 cm³/mol. The highest BCUT2D eigenvalue weighted by Crippen LogP contribution is 2.18. The molecule has 0 fully saturated rings. The van der Waals surface area contributed by atoms with Crippen molar-refractivity contribution in [2.24, 2.45) is 0 Å². The number of carbonyl (C=O) groups excluding carboxylic acids is 1. The molecule has 4 nitrogen and oxygen atoms in total. The molecular formula is C16H15NO3S. The predicted octanol–water partition coefficient (Wildman–Crippen LogP) is 2.72. The highest BCUT2D eigenvalue weighted by molar-refractivity contribution is 8.00. The van der Waals surface area contributed by atoms with Crippen molar-refractivity contribution in [3.8, 4) is 0 Å². The first kappa shape index (κ1) is 15.1. The molecule has 1 unspecified atom stereocenters. The number of thioether (sulfide) groups is 1. The van der Waals surface area contributed by atoms with Gasteiger partial charge in [0.25, 0.3) is 0 Å². The van der Waals surface area contributed by atoms with Gasteiger partial charge in [-0.25, -0.2) is 4.79 Å². The maximum atomic E-state index is 11.9. The van der Waals surface area contributed by atoms with E-state index in [0.29, 0.717) is 5.56 Å². The second-order valence-corrected chi connectivity index (χ2v) is 5.40. The van der Waals surface area contributed by atoms with Gasteiger partial charge >= 0.3 is 5.97 Å². The van der Waals surface area contributed by atoms with Gasteiger partial charge in [-0.15, -0.1) is 11.8 Å². The smallest absolute Gasteiger partial charge is 0.330 e. The number of nitrogens with one attached hydrogen (secondary N) is 1. The van der Waals surface area contributed by atoms with Gasteiger partial charge in [-0.05, 0) is 17.7 Å². The van der Waals surface area contributed by atoms with Crippen molar-refractivity contribution in [2.45, 2.75) is 10.9 Å². The molecule has 2 N–H and O–H groups in total. The summed E-state index contributed by atoms with van der Waals surface area (Å²) in [6.45, 7) is 0. The van der Waals surface area contributed by atoms with Crippen LogP contribution in [0.2, 0.25) is 0 Å². The summed E-state index contributed by atoms with van der Waals surface area (Å²) in [6.07, 6.45) is 0. The van der Waals surface area contributed by atoms with Gasteiger partial charge in [-0.2, -0.15) is 0 Å². The van der Waals surface area contributed by atoms with Crippen LogP contribution in [-0.2, 0) is 9.59 Å². The average Bonchev–Trinajstić information content (AvgIpc) is 2.52. The van der Waals surface area contributed by atoms with Gasteiger partial charge in [-0.3, -0.25) is 4.79 Å². The quantitative estimate of drug-likeness (QED) is 0.805. The van der Waals surface area contributed by atoms with Gasteiger partial charge in [0.15, 0.2) is 6.04 Å². The molecule has 0 saturated carbocycles. The van der Waals surface area contributed by atoms with E-state index < -0.39 is 12.0 Å². The molecule has 2 rings (SSSR count). The monoisotopic (exact) mass is 301 g/mol. The Labute approximate surface area is 127 Å². The highest BCUT2D eigenvalue weighted by atomic mass is 32.2. The molecule has 0 spiro atoms. The minimum Gasteiger partial charge on any atom is -0.479 e. The van der Waals surface area contributed by atoms with E-state index in [0.717, 1.165) is 4.90 Å². The molecule has 108 valence electrons. The summed E-state index contributed by atoms with van der Waals surface area (Å²) in [4.78, 5) is 24.2. The van der Waals surface area contributed by atoms with E-state index >= 15 is 0 Å². The Morgan fingerprint density at radius 3 is 2.14 bits per heavy atom. The largest absolute Gasteiger partial charge is 0.479 e. The second kappa shape index (κ2) is 7.50. The minimum absolute atomic E-state index is 0.181. The second-order valence-electron chi connectivity index (χ2n) is 4.35. The van der Waals surface area contributed by atoms with Crippen LogP contribution in [0.5, 0.6) is 0 Å². The first-order chi connectivity index (χ1) is 10.2. The molecule has 2 aromatic carbocycles. The Morgan fingerprint density at radius 2 is 1.57 bits per heavy atom. The molecule has 2 aromatic rings. The van der Waals surface area contributed by atoms with Crippen LogP contribution in [0.3, 0.4) is 0 Å². The molecule has 0 aliphatic carbocycles. The number of benzene rings is 2. The van der Waals surface area contributed by atoms with Crippen LogP contribution < -0.4 is 5.32 Å². The molecular weight excluding hydrogens is 286 g/mol. The van der Waals surface area contributed by atoms with E-state index in [2.05, 4.69) is 5.32 Å². The van der Waals surface area contributed by atoms with Crippen molar-refractivity contribution in [3.63, 3.8) is 0 Å². The third kappa shape index (κ3) is 4.65. The zero-order valence-electron chi connectivity index (χ0n) is 11.2. The fourth-order valence-electron chi connectivity index (χ4n) is 1.80. The molecule has 0 aliphatic heterocycles. The van der Waals surface area contributed by atoms with Crippen molar-refractivity contribution in [2.75, 3.05) is 5.75 Å². The van der Waals surface area contributed by atoms with E-state index in [9.17, 15) is 14.7 Å². The maximum absolute atomic E-state index is 11.9. The molecule has 0 aromatic heterocycles. The van der Waals surface area contributed by atoms with Crippen LogP contribution in [0, 0.1) is 0 Å². The van der Waals surface area contributed by atoms with Gasteiger partial charge < -0.3 is 10.4 Å². The van der Waals surface area contributed by atoms with Crippen molar-refractivity contribution in [1.29, 1.82) is 0 Å². The van der Waals surface area contributed by atoms with Crippen LogP contribution in [0.4, 0.5) is 0 Å².